The first-order valence-corrected chi connectivity index (χ1v) is 8.01. The van der Waals surface area contributed by atoms with Crippen LogP contribution in [0.3, 0.4) is 0 Å². The van der Waals surface area contributed by atoms with E-state index in [1.165, 1.54) is 18.2 Å². The van der Waals surface area contributed by atoms with Crippen molar-refractivity contribution in [3.05, 3.63) is 60.7 Å². The molecule has 0 aliphatic heterocycles. The molecule has 0 aliphatic carbocycles. The predicted octanol–water partition coefficient (Wildman–Crippen LogP) is 4.62. The van der Waals surface area contributed by atoms with Gasteiger partial charge in [0.25, 0.3) is 0 Å². The topological polar surface area (TPSA) is 79.1 Å². The Kier molecular flexibility index (Phi) is 3.79. The molecule has 0 aromatic heterocycles. The summed E-state index contributed by atoms with van der Waals surface area (Å²) in [6.45, 7) is 0. The van der Waals surface area contributed by atoms with Crippen molar-refractivity contribution in [2.75, 3.05) is 0 Å². The van der Waals surface area contributed by atoms with Crippen molar-refractivity contribution in [2.45, 2.75) is 4.90 Å². The zero-order chi connectivity index (χ0) is 16.4. The van der Waals surface area contributed by atoms with E-state index < -0.39 is 15.1 Å². The van der Waals surface area contributed by atoms with Gasteiger partial charge in [0.1, 0.15) is 11.4 Å². The van der Waals surface area contributed by atoms with E-state index in [1.54, 1.807) is 6.07 Å². The van der Waals surface area contributed by atoms with E-state index >= 15 is 0 Å². The normalized spacial score (nSPS) is 12.0. The first kappa shape index (κ1) is 15.1. The van der Waals surface area contributed by atoms with Crippen LogP contribution in [-0.2, 0) is 10.2 Å². The van der Waals surface area contributed by atoms with Crippen molar-refractivity contribution >= 4 is 32.4 Å². The Bertz CT molecular complexity index is 1000. The smallest absolute Gasteiger partial charge is 0.332 e. The second-order valence-electron chi connectivity index (χ2n) is 4.79. The minimum Gasteiger partial charge on any atom is -0.506 e. The summed E-state index contributed by atoms with van der Waals surface area (Å²) in [5.41, 5.74) is 0.648. The maximum absolute atomic E-state index is 12.8. The summed E-state index contributed by atoms with van der Waals surface area (Å²) in [5.74, 6) is -0.0181. The third-order valence-corrected chi connectivity index (χ3v) is 4.10. The third-order valence-electron chi connectivity index (χ3n) is 3.26. The Labute approximate surface area is 131 Å². The van der Waals surface area contributed by atoms with Gasteiger partial charge in [-0.1, -0.05) is 30.3 Å². The Morgan fingerprint density at radius 2 is 1.57 bits per heavy atom. The monoisotopic (exact) mass is 330 g/mol. The summed E-state index contributed by atoms with van der Waals surface area (Å²) in [7, 11) is -4.73. The lowest BCUT2D eigenvalue weighted by atomic mass is 10.1. The minimum absolute atomic E-state index is 0.0181. The summed E-state index contributed by atoms with van der Waals surface area (Å²) < 4.78 is 34.3. The van der Waals surface area contributed by atoms with E-state index in [4.69, 9.17) is 0 Å². The standard InChI is InChI=1S/C16H11FN2O3S/c17-23(21,22)13-8-6-12(7-9-13)18-19-16-14-4-2-1-3-11(14)5-10-15(16)20/h1-10,20H. The van der Waals surface area contributed by atoms with Gasteiger partial charge < -0.3 is 5.11 Å². The largest absolute Gasteiger partial charge is 0.506 e. The molecular weight excluding hydrogens is 319 g/mol. The number of phenols is 1. The number of fused-ring (bicyclic) bond motifs is 1. The Hall–Kier alpha value is -2.80. The molecule has 116 valence electrons. The van der Waals surface area contributed by atoms with Crippen molar-refractivity contribution in [3.8, 4) is 5.75 Å². The molecule has 0 unspecified atom stereocenters. The molecule has 0 saturated heterocycles. The Morgan fingerprint density at radius 1 is 0.870 bits per heavy atom. The van der Waals surface area contributed by atoms with Gasteiger partial charge >= 0.3 is 10.2 Å². The van der Waals surface area contributed by atoms with Crippen LogP contribution in [0.15, 0.2) is 75.8 Å². The Balaban J connectivity index is 1.99. The van der Waals surface area contributed by atoms with Crippen LogP contribution in [0, 0.1) is 0 Å². The molecule has 0 aliphatic rings. The summed E-state index contributed by atoms with van der Waals surface area (Å²) in [4.78, 5) is -0.440. The van der Waals surface area contributed by atoms with Crippen molar-refractivity contribution in [3.63, 3.8) is 0 Å². The summed E-state index contributed by atoms with van der Waals surface area (Å²) in [6.07, 6.45) is 0. The number of rotatable bonds is 3. The lowest BCUT2D eigenvalue weighted by molar-refractivity contribution is 0.477. The van der Waals surface area contributed by atoms with E-state index in [9.17, 15) is 17.4 Å². The fourth-order valence-electron chi connectivity index (χ4n) is 2.13. The number of halogens is 1. The van der Waals surface area contributed by atoms with Gasteiger partial charge in [0.15, 0.2) is 0 Å². The van der Waals surface area contributed by atoms with Crippen LogP contribution < -0.4 is 0 Å². The molecule has 5 nitrogen and oxygen atoms in total. The van der Waals surface area contributed by atoms with Crippen molar-refractivity contribution < 1.29 is 17.4 Å². The number of benzene rings is 3. The van der Waals surface area contributed by atoms with Crippen LogP contribution in [0.2, 0.25) is 0 Å². The maximum atomic E-state index is 12.8. The van der Waals surface area contributed by atoms with E-state index in [0.717, 1.165) is 22.9 Å². The number of nitrogens with zero attached hydrogens (tertiary/aromatic N) is 2. The molecule has 7 heteroatoms. The van der Waals surface area contributed by atoms with Gasteiger partial charge in [-0.2, -0.15) is 13.5 Å². The summed E-state index contributed by atoms with van der Waals surface area (Å²) >= 11 is 0. The van der Waals surface area contributed by atoms with E-state index in [1.807, 2.05) is 24.3 Å². The van der Waals surface area contributed by atoms with E-state index in [-0.39, 0.29) is 5.75 Å². The third kappa shape index (κ3) is 3.19. The fourth-order valence-corrected chi connectivity index (χ4v) is 2.59. The first-order valence-electron chi connectivity index (χ1n) is 6.62. The molecule has 0 spiro atoms. The van der Waals surface area contributed by atoms with Crippen molar-refractivity contribution in [1.82, 2.24) is 0 Å². The highest BCUT2D eigenvalue weighted by molar-refractivity contribution is 7.86. The number of phenolic OH excluding ortho intramolecular Hbond substituents is 1. The Morgan fingerprint density at radius 3 is 2.26 bits per heavy atom. The molecule has 0 bridgehead atoms. The zero-order valence-corrected chi connectivity index (χ0v) is 12.5. The van der Waals surface area contributed by atoms with Crippen LogP contribution in [0.25, 0.3) is 10.8 Å². The maximum Gasteiger partial charge on any atom is 0.332 e. The molecule has 0 fully saturated rings. The lowest BCUT2D eigenvalue weighted by Crippen LogP contribution is -1.89. The van der Waals surface area contributed by atoms with E-state index in [0.29, 0.717) is 11.4 Å². The van der Waals surface area contributed by atoms with Gasteiger partial charge in [0.05, 0.1) is 10.6 Å². The van der Waals surface area contributed by atoms with Gasteiger partial charge in [-0.15, -0.1) is 9.00 Å². The van der Waals surface area contributed by atoms with Gasteiger partial charge in [0, 0.05) is 5.39 Å². The molecule has 0 heterocycles. The highest BCUT2D eigenvalue weighted by atomic mass is 32.3. The van der Waals surface area contributed by atoms with E-state index in [2.05, 4.69) is 10.2 Å². The minimum atomic E-state index is -4.73. The second kappa shape index (κ2) is 5.77. The number of aromatic hydroxyl groups is 1. The summed E-state index contributed by atoms with van der Waals surface area (Å²) in [6, 6.07) is 15.5. The van der Waals surface area contributed by atoms with Crippen molar-refractivity contribution in [2.24, 2.45) is 10.2 Å². The van der Waals surface area contributed by atoms with Crippen LogP contribution in [0.1, 0.15) is 0 Å². The molecule has 1 N–H and O–H groups in total. The highest BCUT2D eigenvalue weighted by Gasteiger charge is 2.11. The zero-order valence-electron chi connectivity index (χ0n) is 11.7. The molecule has 0 atom stereocenters. The van der Waals surface area contributed by atoms with Crippen LogP contribution >= 0.6 is 0 Å². The van der Waals surface area contributed by atoms with Gasteiger partial charge in [0.2, 0.25) is 0 Å². The lowest BCUT2D eigenvalue weighted by Gasteiger charge is -2.03. The van der Waals surface area contributed by atoms with Crippen LogP contribution in [-0.4, -0.2) is 13.5 Å². The average molecular weight is 330 g/mol. The molecular formula is C16H11FN2O3S. The molecule has 0 radical (unpaired) electrons. The first-order chi connectivity index (χ1) is 10.9. The number of hydrogen-bond acceptors (Lipinski definition) is 5. The highest BCUT2D eigenvalue weighted by Crippen LogP contribution is 2.35. The predicted molar refractivity (Wildman–Crippen MR) is 84.5 cm³/mol. The quantitative estimate of drug-likeness (QED) is 0.562. The van der Waals surface area contributed by atoms with Crippen LogP contribution in [0.4, 0.5) is 15.3 Å². The molecule has 3 rings (SSSR count). The molecule has 23 heavy (non-hydrogen) atoms. The SMILES string of the molecule is O=S(=O)(F)c1ccc(N=Nc2c(O)ccc3ccccc23)cc1. The summed E-state index contributed by atoms with van der Waals surface area (Å²) in [5, 5.41) is 19.6. The molecule has 3 aromatic rings. The fraction of sp³-hybridized carbons (Fsp3) is 0. The van der Waals surface area contributed by atoms with Gasteiger partial charge in [-0.05, 0) is 35.7 Å². The molecule has 3 aromatic carbocycles. The second-order valence-corrected chi connectivity index (χ2v) is 6.13. The van der Waals surface area contributed by atoms with Crippen LogP contribution in [0.5, 0.6) is 5.75 Å². The average Bonchev–Trinajstić information content (AvgIpc) is 2.53. The van der Waals surface area contributed by atoms with Crippen molar-refractivity contribution in [1.29, 1.82) is 0 Å². The number of hydrogen-bond donors (Lipinski definition) is 1. The van der Waals surface area contributed by atoms with Gasteiger partial charge in [-0.3, -0.25) is 0 Å². The number of azo groups is 1. The molecule has 0 amide bonds. The van der Waals surface area contributed by atoms with Gasteiger partial charge in [-0.25, -0.2) is 0 Å². The molecule has 0 saturated carbocycles.